The van der Waals surface area contributed by atoms with Crippen LogP contribution in [0.4, 0.5) is 0 Å². The molecule has 0 aromatic carbocycles. The average Bonchev–Trinajstić information content (AvgIpc) is 2.48. The zero-order valence-corrected chi connectivity index (χ0v) is 12.9. The molecule has 2 N–H and O–H groups in total. The number of nitrogens with zero attached hydrogens (tertiary/aromatic N) is 2. The number of hydrogen-bond donors (Lipinski definition) is 1. The molecule has 1 atom stereocenters. The summed E-state index contributed by atoms with van der Waals surface area (Å²) in [6.07, 6.45) is 4.81. The molecular weight excluding hydrogens is 254 g/mol. The van der Waals surface area contributed by atoms with E-state index >= 15 is 0 Å². The lowest BCUT2D eigenvalue weighted by molar-refractivity contribution is -0.135. The van der Waals surface area contributed by atoms with Crippen molar-refractivity contribution in [3.8, 4) is 0 Å². The second-order valence-corrected chi connectivity index (χ2v) is 5.39. The number of carbonyl (C=O) groups is 2. The number of carbonyl (C=O) groups excluding carboxylic acids is 2. The highest BCUT2D eigenvalue weighted by Gasteiger charge is 2.25. The first-order valence-electron chi connectivity index (χ1n) is 7.91. The van der Waals surface area contributed by atoms with Gasteiger partial charge in [0.15, 0.2) is 0 Å². The fourth-order valence-electron chi connectivity index (χ4n) is 2.84. The fourth-order valence-corrected chi connectivity index (χ4v) is 2.84. The topological polar surface area (TPSA) is 66.6 Å². The average molecular weight is 283 g/mol. The van der Waals surface area contributed by atoms with Crippen molar-refractivity contribution in [1.29, 1.82) is 0 Å². The summed E-state index contributed by atoms with van der Waals surface area (Å²) in [5.74, 6) is 0.310. The van der Waals surface area contributed by atoms with Crippen molar-refractivity contribution in [2.75, 3.05) is 26.2 Å². The minimum Gasteiger partial charge on any atom is -0.343 e. The van der Waals surface area contributed by atoms with Gasteiger partial charge in [0.05, 0.1) is 0 Å². The summed E-state index contributed by atoms with van der Waals surface area (Å²) in [4.78, 5) is 27.8. The predicted octanol–water partition coefficient (Wildman–Crippen LogP) is 1.36. The minimum absolute atomic E-state index is 0.150. The van der Waals surface area contributed by atoms with Crippen molar-refractivity contribution in [1.82, 2.24) is 9.80 Å². The molecule has 0 aromatic heterocycles. The van der Waals surface area contributed by atoms with Crippen molar-refractivity contribution in [2.24, 2.45) is 5.73 Å². The Morgan fingerprint density at radius 3 is 2.50 bits per heavy atom. The van der Waals surface area contributed by atoms with Crippen molar-refractivity contribution in [2.45, 2.75) is 58.4 Å². The Labute approximate surface area is 122 Å². The smallest absolute Gasteiger partial charge is 0.222 e. The van der Waals surface area contributed by atoms with E-state index in [4.69, 9.17) is 5.73 Å². The maximum atomic E-state index is 12.2. The third kappa shape index (κ3) is 4.78. The normalized spacial score (nSPS) is 18.9. The van der Waals surface area contributed by atoms with E-state index < -0.39 is 0 Å². The highest BCUT2D eigenvalue weighted by molar-refractivity contribution is 5.79. The van der Waals surface area contributed by atoms with Crippen molar-refractivity contribution >= 4 is 11.8 Å². The van der Waals surface area contributed by atoms with Crippen LogP contribution in [0, 0.1) is 0 Å². The second kappa shape index (κ2) is 8.95. The van der Waals surface area contributed by atoms with Gasteiger partial charge in [-0.25, -0.2) is 0 Å². The van der Waals surface area contributed by atoms with Gasteiger partial charge in [-0.2, -0.15) is 0 Å². The lowest BCUT2D eigenvalue weighted by Crippen LogP contribution is -2.47. The van der Waals surface area contributed by atoms with E-state index in [1.54, 1.807) is 0 Å². The monoisotopic (exact) mass is 283 g/mol. The second-order valence-electron chi connectivity index (χ2n) is 5.39. The van der Waals surface area contributed by atoms with E-state index in [1.807, 2.05) is 23.6 Å². The van der Waals surface area contributed by atoms with Gasteiger partial charge in [-0.15, -0.1) is 0 Å². The molecule has 20 heavy (non-hydrogen) atoms. The van der Waals surface area contributed by atoms with Crippen molar-refractivity contribution < 1.29 is 9.59 Å². The Morgan fingerprint density at radius 1 is 1.20 bits per heavy atom. The summed E-state index contributed by atoms with van der Waals surface area (Å²) in [6, 6.07) is 0.203. The maximum absolute atomic E-state index is 12.2. The molecule has 1 aliphatic heterocycles. The molecule has 1 heterocycles. The first-order valence-corrected chi connectivity index (χ1v) is 7.91. The Hall–Kier alpha value is -1.10. The molecule has 5 nitrogen and oxygen atoms in total. The lowest BCUT2D eigenvalue weighted by Gasteiger charge is -2.35. The fraction of sp³-hybridized carbons (Fsp3) is 0.867. The maximum Gasteiger partial charge on any atom is 0.222 e. The van der Waals surface area contributed by atoms with E-state index in [0.29, 0.717) is 25.8 Å². The molecule has 116 valence electrons. The number of amides is 2. The molecule has 1 aliphatic rings. The van der Waals surface area contributed by atoms with Gasteiger partial charge in [-0.1, -0.05) is 0 Å². The van der Waals surface area contributed by atoms with E-state index in [0.717, 1.165) is 38.9 Å². The van der Waals surface area contributed by atoms with Crippen LogP contribution < -0.4 is 5.73 Å². The molecule has 0 spiro atoms. The van der Waals surface area contributed by atoms with Gasteiger partial charge in [0.25, 0.3) is 0 Å². The summed E-state index contributed by atoms with van der Waals surface area (Å²) in [6.45, 7) is 6.81. The summed E-state index contributed by atoms with van der Waals surface area (Å²) >= 11 is 0. The predicted molar refractivity (Wildman–Crippen MR) is 80.2 cm³/mol. The van der Waals surface area contributed by atoms with E-state index in [1.165, 1.54) is 0 Å². The zero-order valence-electron chi connectivity index (χ0n) is 12.9. The lowest BCUT2D eigenvalue weighted by atomic mass is 10.0. The zero-order chi connectivity index (χ0) is 15.0. The van der Waals surface area contributed by atoms with Crippen LogP contribution in [0.25, 0.3) is 0 Å². The van der Waals surface area contributed by atoms with Gasteiger partial charge in [-0.05, 0) is 39.5 Å². The van der Waals surface area contributed by atoms with E-state index in [9.17, 15) is 9.59 Å². The third-order valence-corrected chi connectivity index (χ3v) is 4.12. The van der Waals surface area contributed by atoms with Crippen molar-refractivity contribution in [3.63, 3.8) is 0 Å². The Kier molecular flexibility index (Phi) is 7.59. The Balaban J connectivity index is 2.33. The van der Waals surface area contributed by atoms with E-state index in [-0.39, 0.29) is 17.9 Å². The van der Waals surface area contributed by atoms with Crippen LogP contribution in [0.15, 0.2) is 0 Å². The highest BCUT2D eigenvalue weighted by atomic mass is 16.2. The SMILES string of the molecule is CCN(CC)C(=O)CCCC(=O)N1CCCCC1CN. The number of likely N-dealkylation sites (tertiary alicyclic amines) is 1. The molecule has 1 saturated heterocycles. The molecule has 1 rings (SSSR count). The van der Waals surface area contributed by atoms with Crippen LogP contribution in [0.3, 0.4) is 0 Å². The molecule has 1 unspecified atom stereocenters. The molecular formula is C15H29N3O2. The molecule has 5 heteroatoms. The van der Waals surface area contributed by atoms with Gasteiger partial charge >= 0.3 is 0 Å². The van der Waals surface area contributed by atoms with Gasteiger partial charge < -0.3 is 15.5 Å². The van der Waals surface area contributed by atoms with Crippen LogP contribution in [0.1, 0.15) is 52.4 Å². The quantitative estimate of drug-likeness (QED) is 0.767. The van der Waals surface area contributed by atoms with Gasteiger partial charge in [0.2, 0.25) is 11.8 Å². The molecule has 1 fully saturated rings. The number of piperidine rings is 1. The van der Waals surface area contributed by atoms with Gasteiger partial charge in [-0.3, -0.25) is 9.59 Å². The highest BCUT2D eigenvalue weighted by Crippen LogP contribution is 2.18. The molecule has 0 saturated carbocycles. The Morgan fingerprint density at radius 2 is 1.90 bits per heavy atom. The molecule has 2 amide bonds. The summed E-state index contributed by atoms with van der Waals surface area (Å²) in [7, 11) is 0. The van der Waals surface area contributed by atoms with Gasteiger partial charge in [0.1, 0.15) is 0 Å². The summed E-state index contributed by atoms with van der Waals surface area (Å²) < 4.78 is 0. The largest absolute Gasteiger partial charge is 0.343 e. The number of rotatable bonds is 7. The van der Waals surface area contributed by atoms with Gasteiger partial charge in [0, 0.05) is 45.1 Å². The van der Waals surface area contributed by atoms with Crippen LogP contribution in [0.2, 0.25) is 0 Å². The van der Waals surface area contributed by atoms with Crippen LogP contribution in [-0.2, 0) is 9.59 Å². The standard InChI is InChI=1S/C15H29N3O2/c1-3-17(4-2)14(19)9-7-10-15(20)18-11-6-5-8-13(18)12-16/h13H,3-12,16H2,1-2H3. The first-order chi connectivity index (χ1) is 9.63. The minimum atomic E-state index is 0.150. The van der Waals surface area contributed by atoms with Crippen molar-refractivity contribution in [3.05, 3.63) is 0 Å². The van der Waals surface area contributed by atoms with E-state index in [2.05, 4.69) is 0 Å². The number of hydrogen-bond acceptors (Lipinski definition) is 3. The Bertz CT molecular complexity index is 316. The molecule has 0 aromatic rings. The van der Waals surface area contributed by atoms with Crippen LogP contribution in [-0.4, -0.2) is 53.8 Å². The summed E-state index contributed by atoms with van der Waals surface area (Å²) in [5.41, 5.74) is 5.73. The molecule has 0 aliphatic carbocycles. The van der Waals surface area contributed by atoms with Crippen LogP contribution >= 0.6 is 0 Å². The number of nitrogens with two attached hydrogens (primary N) is 1. The van der Waals surface area contributed by atoms with Crippen LogP contribution in [0.5, 0.6) is 0 Å². The first kappa shape index (κ1) is 17.0. The molecule has 0 bridgehead atoms. The molecule has 0 radical (unpaired) electrons. The third-order valence-electron chi connectivity index (χ3n) is 4.12. The summed E-state index contributed by atoms with van der Waals surface area (Å²) in [5, 5.41) is 0.